The van der Waals surface area contributed by atoms with Gasteiger partial charge in [-0.15, -0.1) is 0 Å². The van der Waals surface area contributed by atoms with Crippen molar-refractivity contribution in [2.24, 2.45) is 4.99 Å². The molecule has 1 aromatic rings. The van der Waals surface area contributed by atoms with Gasteiger partial charge in [-0.25, -0.2) is 0 Å². The van der Waals surface area contributed by atoms with Crippen LogP contribution in [0.4, 0.5) is 0 Å². The van der Waals surface area contributed by atoms with Crippen molar-refractivity contribution in [2.45, 2.75) is 37.6 Å². The summed E-state index contributed by atoms with van der Waals surface area (Å²) in [4.78, 5) is 20.9. The minimum absolute atomic E-state index is 0.0419. The zero-order valence-electron chi connectivity index (χ0n) is 18.7. The molecule has 0 spiro atoms. The summed E-state index contributed by atoms with van der Waals surface area (Å²) in [6.07, 6.45) is 6.09. The van der Waals surface area contributed by atoms with Crippen LogP contribution in [-0.4, -0.2) is 86.0 Å². The Bertz CT molecular complexity index is 724. The molecule has 1 aliphatic carbocycles. The third-order valence-corrected chi connectivity index (χ3v) is 7.25. The maximum atomic E-state index is 12.2. The highest BCUT2D eigenvalue weighted by Gasteiger charge is 2.39. The quantitative estimate of drug-likeness (QED) is 0.513. The highest BCUT2D eigenvalue weighted by atomic mass is 32.2. The largest absolute Gasteiger partial charge is 0.356 e. The summed E-state index contributed by atoms with van der Waals surface area (Å²) in [7, 11) is 5.41. The number of aliphatic imine (C=N–C) groups is 1. The molecule has 0 bridgehead atoms. The maximum absolute atomic E-state index is 12.2. The second-order valence-corrected chi connectivity index (χ2v) is 9.76. The van der Waals surface area contributed by atoms with Crippen LogP contribution in [0, 0.1) is 0 Å². The van der Waals surface area contributed by atoms with Crippen LogP contribution in [0.1, 0.15) is 41.6 Å². The summed E-state index contributed by atoms with van der Waals surface area (Å²) >= 11 is 2.08. The van der Waals surface area contributed by atoms with Crippen LogP contribution < -0.4 is 10.6 Å². The van der Waals surface area contributed by atoms with Crippen LogP contribution >= 0.6 is 11.8 Å². The minimum Gasteiger partial charge on any atom is -0.356 e. The normalized spacial score (nSPS) is 19.5. The number of nitrogens with zero attached hydrogens (tertiary/aromatic N) is 3. The Kier molecular flexibility index (Phi) is 8.45. The number of carbonyl (C=O) groups excluding carboxylic acids is 1. The van der Waals surface area contributed by atoms with Crippen LogP contribution in [0.25, 0.3) is 0 Å². The van der Waals surface area contributed by atoms with Crippen LogP contribution in [0.3, 0.4) is 0 Å². The molecule has 30 heavy (non-hydrogen) atoms. The smallest absolute Gasteiger partial charge is 0.253 e. The number of nitrogens with one attached hydrogen (secondary N) is 2. The maximum Gasteiger partial charge on any atom is 0.253 e. The molecule has 1 aromatic carbocycles. The first-order chi connectivity index (χ1) is 14.5. The zero-order chi connectivity index (χ0) is 21.4. The molecule has 1 heterocycles. The lowest BCUT2D eigenvalue weighted by Gasteiger charge is -2.43. The van der Waals surface area contributed by atoms with E-state index in [9.17, 15) is 4.79 Å². The molecule has 0 radical (unpaired) electrons. The van der Waals surface area contributed by atoms with E-state index in [1.807, 2.05) is 25.2 Å². The number of hydrogen-bond acceptors (Lipinski definition) is 4. The molecule has 7 heteroatoms. The van der Waals surface area contributed by atoms with Gasteiger partial charge in [0.25, 0.3) is 5.91 Å². The van der Waals surface area contributed by atoms with E-state index >= 15 is 0 Å². The first-order valence-electron chi connectivity index (χ1n) is 11.1. The number of carbonyl (C=O) groups is 1. The molecular weight excluding hydrogens is 394 g/mol. The first kappa shape index (κ1) is 22.9. The zero-order valence-corrected chi connectivity index (χ0v) is 19.6. The summed E-state index contributed by atoms with van der Waals surface area (Å²) < 4.78 is 0. The molecule has 0 unspecified atom stereocenters. The molecule has 1 saturated heterocycles. The van der Waals surface area contributed by atoms with Gasteiger partial charge in [0.1, 0.15) is 0 Å². The molecule has 166 valence electrons. The fourth-order valence-corrected chi connectivity index (χ4v) is 5.49. The highest BCUT2D eigenvalue weighted by molar-refractivity contribution is 7.99. The van der Waals surface area contributed by atoms with E-state index in [4.69, 9.17) is 0 Å². The van der Waals surface area contributed by atoms with Gasteiger partial charge in [-0.05, 0) is 37.0 Å². The van der Waals surface area contributed by atoms with E-state index in [0.717, 1.165) is 36.6 Å². The second-order valence-electron chi connectivity index (χ2n) is 8.53. The summed E-state index contributed by atoms with van der Waals surface area (Å²) in [6.45, 7) is 4.16. The SMILES string of the molecule is CN=C(NCCc1cccc(C(=O)N(C)C)c1)NCC1(N2CCSCC2)CCCC1. The van der Waals surface area contributed by atoms with Crippen molar-refractivity contribution in [2.75, 3.05) is 58.8 Å². The lowest BCUT2D eigenvalue weighted by atomic mass is 9.94. The Morgan fingerprint density at radius 1 is 1.20 bits per heavy atom. The third-order valence-electron chi connectivity index (χ3n) is 6.31. The number of rotatable bonds is 7. The molecule has 1 saturated carbocycles. The molecule has 6 nitrogen and oxygen atoms in total. The summed E-state index contributed by atoms with van der Waals surface area (Å²) in [5.74, 6) is 3.42. The van der Waals surface area contributed by atoms with Gasteiger partial charge < -0.3 is 15.5 Å². The van der Waals surface area contributed by atoms with Gasteiger partial charge in [-0.1, -0.05) is 25.0 Å². The van der Waals surface area contributed by atoms with E-state index in [-0.39, 0.29) is 5.91 Å². The highest BCUT2D eigenvalue weighted by Crippen LogP contribution is 2.36. The predicted octanol–water partition coefficient (Wildman–Crippen LogP) is 2.46. The number of amides is 1. The van der Waals surface area contributed by atoms with Crippen LogP contribution in [0.15, 0.2) is 29.3 Å². The van der Waals surface area contributed by atoms with Gasteiger partial charge >= 0.3 is 0 Å². The van der Waals surface area contributed by atoms with E-state index in [2.05, 4.69) is 38.4 Å². The number of guanidine groups is 1. The lowest BCUT2D eigenvalue weighted by molar-refractivity contribution is 0.0827. The Balaban J connectivity index is 1.50. The van der Waals surface area contributed by atoms with Crippen molar-refractivity contribution in [1.29, 1.82) is 0 Å². The summed E-state index contributed by atoms with van der Waals surface area (Å²) in [5, 5.41) is 7.06. The lowest BCUT2D eigenvalue weighted by Crippen LogP contribution is -2.57. The topological polar surface area (TPSA) is 60.0 Å². The predicted molar refractivity (Wildman–Crippen MR) is 128 cm³/mol. The van der Waals surface area contributed by atoms with Crippen LogP contribution in [0.5, 0.6) is 0 Å². The number of benzene rings is 1. The van der Waals surface area contributed by atoms with E-state index in [0.29, 0.717) is 5.54 Å². The molecule has 2 aliphatic rings. The van der Waals surface area contributed by atoms with Crippen LogP contribution in [-0.2, 0) is 6.42 Å². The standard InChI is InChI=1S/C23H37N5OS/c1-24-22(25-12-9-19-7-6-8-20(17-19)21(29)27(2)3)26-18-23(10-4-5-11-23)28-13-15-30-16-14-28/h6-8,17H,4-5,9-16,18H2,1-3H3,(H2,24,25,26). The Morgan fingerprint density at radius 2 is 1.93 bits per heavy atom. The van der Waals surface area contributed by atoms with Gasteiger partial charge in [-0.3, -0.25) is 14.7 Å². The molecule has 0 atom stereocenters. The van der Waals surface area contributed by atoms with E-state index in [1.54, 1.807) is 19.0 Å². The molecule has 3 rings (SSSR count). The molecular formula is C23H37N5OS. The number of thioether (sulfide) groups is 1. The van der Waals surface area contributed by atoms with Crippen molar-refractivity contribution in [3.63, 3.8) is 0 Å². The van der Waals surface area contributed by atoms with Gasteiger partial charge in [0.2, 0.25) is 0 Å². The van der Waals surface area contributed by atoms with Gasteiger partial charge in [0, 0.05) is 69.9 Å². The summed E-state index contributed by atoms with van der Waals surface area (Å²) in [6, 6.07) is 7.90. The Hall–Kier alpha value is -1.73. The Labute approximate surface area is 185 Å². The van der Waals surface area contributed by atoms with Crippen molar-refractivity contribution in [3.05, 3.63) is 35.4 Å². The average molecular weight is 432 g/mol. The fraction of sp³-hybridized carbons (Fsp3) is 0.652. The third kappa shape index (κ3) is 5.91. The summed E-state index contributed by atoms with van der Waals surface area (Å²) in [5.41, 5.74) is 2.19. The molecule has 2 fully saturated rings. The van der Waals surface area contributed by atoms with Gasteiger partial charge in [0.15, 0.2) is 5.96 Å². The number of hydrogen-bond donors (Lipinski definition) is 2. The van der Waals surface area contributed by atoms with Crippen molar-refractivity contribution >= 4 is 23.6 Å². The van der Waals surface area contributed by atoms with Crippen LogP contribution in [0.2, 0.25) is 0 Å². The molecule has 0 aromatic heterocycles. The van der Waals surface area contributed by atoms with Crippen molar-refractivity contribution in [3.8, 4) is 0 Å². The Morgan fingerprint density at radius 3 is 2.60 bits per heavy atom. The molecule has 1 aliphatic heterocycles. The fourth-order valence-electron chi connectivity index (χ4n) is 4.59. The molecule has 1 amide bonds. The van der Waals surface area contributed by atoms with Gasteiger partial charge in [0.05, 0.1) is 0 Å². The van der Waals surface area contributed by atoms with Gasteiger partial charge in [-0.2, -0.15) is 11.8 Å². The minimum atomic E-state index is 0.0419. The molecule has 2 N–H and O–H groups in total. The monoisotopic (exact) mass is 431 g/mol. The van der Waals surface area contributed by atoms with E-state index in [1.165, 1.54) is 50.3 Å². The van der Waals surface area contributed by atoms with Crippen molar-refractivity contribution < 1.29 is 4.79 Å². The second kappa shape index (κ2) is 11.0. The van der Waals surface area contributed by atoms with E-state index < -0.39 is 0 Å². The first-order valence-corrected chi connectivity index (χ1v) is 12.3. The average Bonchev–Trinajstić information content (AvgIpc) is 3.26. The van der Waals surface area contributed by atoms with Crippen molar-refractivity contribution in [1.82, 2.24) is 20.4 Å².